The minimum Gasteiger partial charge on any atom is -0.355 e. The second-order valence-corrected chi connectivity index (χ2v) is 6.77. The topological polar surface area (TPSA) is 82.9 Å². The first kappa shape index (κ1) is 19.9. The number of benzene rings is 1. The average molecular weight is 361 g/mol. The second-order valence-electron chi connectivity index (χ2n) is 6.77. The molecule has 1 heterocycles. The molecule has 1 unspecified atom stereocenters. The molecule has 7 nitrogen and oxygen atoms in total. The summed E-state index contributed by atoms with van der Waals surface area (Å²) >= 11 is 0. The van der Waals surface area contributed by atoms with Crippen molar-refractivity contribution in [2.45, 2.75) is 25.8 Å². The number of carbonyl (C=O) groups is 3. The molecule has 1 atom stereocenters. The normalized spacial score (nSPS) is 15.0. The molecule has 1 aromatic carbocycles. The van der Waals surface area contributed by atoms with Gasteiger partial charge in [-0.2, -0.15) is 0 Å². The minimum absolute atomic E-state index is 0.0113. The second kappa shape index (κ2) is 9.91. The van der Waals surface area contributed by atoms with Crippen molar-refractivity contribution in [2.75, 3.05) is 40.3 Å². The maximum absolute atomic E-state index is 12.0. The molecule has 0 aromatic heterocycles. The number of carbonyl (C=O) groups excluding carboxylic acids is 3. The fourth-order valence-corrected chi connectivity index (χ4v) is 3.10. The Kier molecular flexibility index (Phi) is 7.59. The Bertz CT molecular complexity index is 630. The molecule has 0 spiro atoms. The number of likely N-dealkylation sites (tertiary alicyclic amines) is 1. The van der Waals surface area contributed by atoms with Crippen molar-refractivity contribution in [3.63, 3.8) is 0 Å². The van der Waals surface area contributed by atoms with Crippen LogP contribution in [-0.4, -0.2) is 62.9 Å². The number of rotatable bonds is 9. The van der Waals surface area contributed by atoms with Crippen LogP contribution in [0.4, 0.5) is 0 Å². The van der Waals surface area contributed by atoms with E-state index in [4.69, 9.17) is 0 Å². The van der Waals surface area contributed by atoms with Gasteiger partial charge in [-0.25, -0.2) is 0 Å². The zero-order valence-corrected chi connectivity index (χ0v) is 15.6. The molecule has 3 amide bonds. The minimum atomic E-state index is -0.104. The molecule has 142 valence electrons. The predicted octanol–water partition coefficient (Wildman–Crippen LogP) is -0.810. The molecule has 0 radical (unpaired) electrons. The van der Waals surface area contributed by atoms with Gasteiger partial charge in [0.2, 0.25) is 5.91 Å². The summed E-state index contributed by atoms with van der Waals surface area (Å²) in [4.78, 5) is 38.0. The van der Waals surface area contributed by atoms with Crippen molar-refractivity contribution < 1.29 is 19.3 Å². The lowest BCUT2D eigenvalue weighted by atomic mass is 10.1. The van der Waals surface area contributed by atoms with Crippen LogP contribution in [-0.2, 0) is 16.1 Å². The van der Waals surface area contributed by atoms with E-state index in [0.717, 1.165) is 36.4 Å². The van der Waals surface area contributed by atoms with Crippen molar-refractivity contribution in [1.82, 2.24) is 15.5 Å². The van der Waals surface area contributed by atoms with Gasteiger partial charge < -0.3 is 20.4 Å². The predicted molar refractivity (Wildman–Crippen MR) is 98.7 cm³/mol. The van der Waals surface area contributed by atoms with E-state index in [1.165, 1.54) is 0 Å². The quantitative estimate of drug-likeness (QED) is 0.503. The maximum atomic E-state index is 12.0. The van der Waals surface area contributed by atoms with E-state index in [-0.39, 0.29) is 17.7 Å². The number of hydrogen-bond donors (Lipinski definition) is 3. The molecule has 0 bridgehead atoms. The van der Waals surface area contributed by atoms with Crippen LogP contribution in [0.2, 0.25) is 0 Å². The first-order chi connectivity index (χ1) is 12.5. The van der Waals surface area contributed by atoms with E-state index >= 15 is 0 Å². The number of nitrogens with one attached hydrogen (secondary N) is 3. The standard InChI is InChI=1S/C19H28N4O3/c1-20-19(26)16-8-6-15(7-9-16)13-22(2)14-17(24)21-10-4-12-23-11-3-5-18(23)25/h6-9H,3-5,10-14H2,1-2H3,(H,20,26)(H,21,24)/p+1. The summed E-state index contributed by atoms with van der Waals surface area (Å²) in [5, 5.41) is 5.51. The molecule has 3 N–H and O–H groups in total. The fourth-order valence-electron chi connectivity index (χ4n) is 3.10. The van der Waals surface area contributed by atoms with E-state index in [2.05, 4.69) is 10.6 Å². The van der Waals surface area contributed by atoms with Gasteiger partial charge in [0.1, 0.15) is 6.54 Å². The molecule has 1 aliphatic heterocycles. The SMILES string of the molecule is CNC(=O)c1ccc(C[NH+](C)CC(=O)NCCCN2CCCC2=O)cc1. The van der Waals surface area contributed by atoms with Crippen LogP contribution in [0, 0.1) is 0 Å². The Morgan fingerprint density at radius 1 is 1.23 bits per heavy atom. The highest BCUT2D eigenvalue weighted by atomic mass is 16.2. The van der Waals surface area contributed by atoms with Gasteiger partial charge >= 0.3 is 0 Å². The molecule has 2 rings (SSSR count). The van der Waals surface area contributed by atoms with Gasteiger partial charge in [0.15, 0.2) is 6.54 Å². The lowest BCUT2D eigenvalue weighted by molar-refractivity contribution is -0.885. The van der Waals surface area contributed by atoms with Crippen LogP contribution in [0.25, 0.3) is 0 Å². The third kappa shape index (κ3) is 6.15. The molecular weight excluding hydrogens is 332 g/mol. The van der Waals surface area contributed by atoms with Gasteiger partial charge in [0.05, 0.1) is 7.05 Å². The first-order valence-corrected chi connectivity index (χ1v) is 9.16. The molecule has 26 heavy (non-hydrogen) atoms. The number of likely N-dealkylation sites (N-methyl/N-ethyl adjacent to an activating group) is 1. The van der Waals surface area contributed by atoms with Gasteiger partial charge in [-0.3, -0.25) is 14.4 Å². The van der Waals surface area contributed by atoms with E-state index in [1.54, 1.807) is 19.2 Å². The van der Waals surface area contributed by atoms with Crippen molar-refractivity contribution in [3.05, 3.63) is 35.4 Å². The van der Waals surface area contributed by atoms with E-state index in [9.17, 15) is 14.4 Å². The summed E-state index contributed by atoms with van der Waals surface area (Å²) in [7, 11) is 3.57. The number of amides is 3. The summed E-state index contributed by atoms with van der Waals surface area (Å²) in [6, 6.07) is 7.42. The Morgan fingerprint density at radius 3 is 2.58 bits per heavy atom. The molecule has 1 aliphatic rings. The van der Waals surface area contributed by atoms with Crippen molar-refractivity contribution >= 4 is 17.7 Å². The zero-order valence-electron chi connectivity index (χ0n) is 15.6. The van der Waals surface area contributed by atoms with Crippen LogP contribution in [0.1, 0.15) is 35.2 Å². The molecular formula is C19H29N4O3+. The number of hydrogen-bond acceptors (Lipinski definition) is 3. The molecule has 1 fully saturated rings. The van der Waals surface area contributed by atoms with Crippen LogP contribution < -0.4 is 15.5 Å². The number of nitrogens with zero attached hydrogens (tertiary/aromatic N) is 1. The summed E-state index contributed by atoms with van der Waals surface area (Å²) in [6.07, 6.45) is 2.39. The number of quaternary nitrogens is 1. The summed E-state index contributed by atoms with van der Waals surface area (Å²) in [5.41, 5.74) is 1.71. The molecule has 0 saturated carbocycles. The van der Waals surface area contributed by atoms with Crippen LogP contribution in [0.15, 0.2) is 24.3 Å². The van der Waals surface area contributed by atoms with E-state index in [0.29, 0.717) is 31.6 Å². The molecule has 1 aromatic rings. The van der Waals surface area contributed by atoms with Crippen LogP contribution in [0.3, 0.4) is 0 Å². The summed E-state index contributed by atoms with van der Waals surface area (Å²) < 4.78 is 0. The third-order valence-electron chi connectivity index (χ3n) is 4.51. The lowest BCUT2D eigenvalue weighted by Crippen LogP contribution is -3.08. The Labute approximate surface area is 154 Å². The highest BCUT2D eigenvalue weighted by Gasteiger charge is 2.19. The van der Waals surface area contributed by atoms with Gasteiger partial charge in [-0.1, -0.05) is 12.1 Å². The largest absolute Gasteiger partial charge is 0.355 e. The van der Waals surface area contributed by atoms with Crippen molar-refractivity contribution in [1.29, 1.82) is 0 Å². The molecule has 1 saturated heterocycles. The van der Waals surface area contributed by atoms with Crippen LogP contribution >= 0.6 is 0 Å². The molecule has 7 heteroatoms. The highest BCUT2D eigenvalue weighted by molar-refractivity contribution is 5.93. The Balaban J connectivity index is 1.65. The average Bonchev–Trinajstić information content (AvgIpc) is 3.03. The highest BCUT2D eigenvalue weighted by Crippen LogP contribution is 2.09. The Morgan fingerprint density at radius 2 is 1.96 bits per heavy atom. The fraction of sp³-hybridized carbons (Fsp3) is 0.526. The van der Waals surface area contributed by atoms with E-state index in [1.807, 2.05) is 24.1 Å². The summed E-state index contributed by atoms with van der Waals surface area (Å²) in [5.74, 6) is 0.132. The van der Waals surface area contributed by atoms with Gasteiger partial charge in [-0.15, -0.1) is 0 Å². The smallest absolute Gasteiger partial charge is 0.275 e. The lowest BCUT2D eigenvalue weighted by Gasteiger charge is -2.16. The van der Waals surface area contributed by atoms with E-state index < -0.39 is 0 Å². The van der Waals surface area contributed by atoms with Gasteiger partial charge in [0.25, 0.3) is 11.8 Å². The van der Waals surface area contributed by atoms with Crippen LogP contribution in [0.5, 0.6) is 0 Å². The van der Waals surface area contributed by atoms with Gasteiger partial charge in [-0.05, 0) is 25.0 Å². The van der Waals surface area contributed by atoms with Crippen molar-refractivity contribution in [3.8, 4) is 0 Å². The Hall–Kier alpha value is -2.41. The monoisotopic (exact) mass is 361 g/mol. The zero-order chi connectivity index (χ0) is 18.9. The molecule has 0 aliphatic carbocycles. The van der Waals surface area contributed by atoms with Crippen molar-refractivity contribution in [2.24, 2.45) is 0 Å². The third-order valence-corrected chi connectivity index (χ3v) is 4.51. The van der Waals surface area contributed by atoms with Gasteiger partial charge in [0, 0.05) is 44.2 Å². The summed E-state index contributed by atoms with van der Waals surface area (Å²) in [6.45, 7) is 3.26. The first-order valence-electron chi connectivity index (χ1n) is 9.16. The maximum Gasteiger partial charge on any atom is 0.275 e.